The molecular weight excluding hydrogens is 520 g/mol. The highest BCUT2D eigenvalue weighted by atomic mass is 32.2. The van der Waals surface area contributed by atoms with Crippen molar-refractivity contribution < 1.29 is 27.8 Å². The van der Waals surface area contributed by atoms with Crippen LogP contribution in [0.2, 0.25) is 0 Å². The number of anilines is 1. The molecule has 0 aliphatic carbocycles. The van der Waals surface area contributed by atoms with Crippen LogP contribution in [0.5, 0.6) is 11.6 Å². The number of sulfonamides is 1. The Labute approximate surface area is 226 Å². The quantitative estimate of drug-likeness (QED) is 0.357. The summed E-state index contributed by atoms with van der Waals surface area (Å²) in [5.41, 5.74) is 2.48. The molecular formula is C28H28N4O6S. The number of aromatic nitrogens is 2. The lowest BCUT2D eigenvalue weighted by Crippen LogP contribution is -2.40. The van der Waals surface area contributed by atoms with Crippen LogP contribution >= 0.6 is 0 Å². The number of methoxy groups -OCH3 is 2. The molecule has 39 heavy (non-hydrogen) atoms. The van der Waals surface area contributed by atoms with E-state index >= 15 is 0 Å². The van der Waals surface area contributed by atoms with Crippen molar-refractivity contribution in [3.63, 3.8) is 0 Å². The number of piperidine rings is 1. The fraction of sp³-hybridized carbons (Fsp3) is 0.250. The first-order valence-corrected chi connectivity index (χ1v) is 13.9. The van der Waals surface area contributed by atoms with Crippen LogP contribution in [-0.2, 0) is 10.0 Å². The van der Waals surface area contributed by atoms with Gasteiger partial charge < -0.3 is 19.5 Å². The number of hydrogen-bond acceptors (Lipinski definition) is 8. The van der Waals surface area contributed by atoms with Gasteiger partial charge in [0.05, 0.1) is 30.7 Å². The lowest BCUT2D eigenvalue weighted by molar-refractivity contribution is 0.0544. The van der Waals surface area contributed by atoms with Crippen molar-refractivity contribution in [1.29, 1.82) is 0 Å². The highest BCUT2D eigenvalue weighted by molar-refractivity contribution is 7.92. The molecule has 1 aliphatic rings. The Morgan fingerprint density at radius 2 is 1.72 bits per heavy atom. The third-order valence-corrected chi connectivity index (χ3v) is 8.06. The second-order valence-electron chi connectivity index (χ2n) is 9.16. The Morgan fingerprint density at radius 1 is 0.974 bits per heavy atom. The molecule has 202 valence electrons. The number of hydrogen-bond donors (Lipinski definition) is 2. The molecule has 5 rings (SSSR count). The summed E-state index contributed by atoms with van der Waals surface area (Å²) in [6.45, 7) is 0.917. The van der Waals surface area contributed by atoms with E-state index in [9.17, 15) is 18.3 Å². The normalized spacial score (nSPS) is 14.3. The van der Waals surface area contributed by atoms with E-state index in [1.165, 1.54) is 32.5 Å². The van der Waals surface area contributed by atoms with Gasteiger partial charge >= 0.3 is 0 Å². The molecule has 2 N–H and O–H groups in total. The summed E-state index contributed by atoms with van der Waals surface area (Å²) in [5.74, 6) is 0.310. The highest BCUT2D eigenvalue weighted by Gasteiger charge is 2.26. The maximum atomic E-state index is 13.3. The van der Waals surface area contributed by atoms with E-state index < -0.39 is 16.1 Å². The number of amides is 1. The van der Waals surface area contributed by atoms with Gasteiger partial charge in [-0.05, 0) is 48.7 Å². The summed E-state index contributed by atoms with van der Waals surface area (Å²) in [6, 6.07) is 15.1. The molecule has 0 atom stereocenters. The smallest absolute Gasteiger partial charge is 0.262 e. The van der Waals surface area contributed by atoms with E-state index in [-0.39, 0.29) is 22.4 Å². The third kappa shape index (κ3) is 5.36. The summed E-state index contributed by atoms with van der Waals surface area (Å²) in [7, 11) is -0.961. The number of carbonyl (C=O) groups excluding carboxylic acids is 1. The number of ether oxygens (including phenoxy) is 2. The van der Waals surface area contributed by atoms with Gasteiger partial charge in [0.1, 0.15) is 17.0 Å². The molecule has 3 heterocycles. The van der Waals surface area contributed by atoms with Gasteiger partial charge in [-0.15, -0.1) is 0 Å². The molecule has 11 heteroatoms. The summed E-state index contributed by atoms with van der Waals surface area (Å²) in [6.07, 6.45) is 3.75. The summed E-state index contributed by atoms with van der Waals surface area (Å²) >= 11 is 0. The summed E-state index contributed by atoms with van der Waals surface area (Å²) in [5, 5.41) is 10.4. The van der Waals surface area contributed by atoms with Crippen molar-refractivity contribution in [2.45, 2.75) is 23.8 Å². The molecule has 0 saturated carbocycles. The number of pyridine rings is 2. The van der Waals surface area contributed by atoms with E-state index in [1.54, 1.807) is 41.4 Å². The van der Waals surface area contributed by atoms with E-state index in [4.69, 9.17) is 9.47 Å². The second-order valence-corrected chi connectivity index (χ2v) is 10.8. The third-order valence-electron chi connectivity index (χ3n) is 6.68. The number of rotatable bonds is 7. The number of aliphatic hydroxyl groups is 1. The van der Waals surface area contributed by atoms with Crippen LogP contribution in [0.25, 0.3) is 22.0 Å². The van der Waals surface area contributed by atoms with Gasteiger partial charge in [-0.2, -0.15) is 0 Å². The van der Waals surface area contributed by atoms with Gasteiger partial charge in [0, 0.05) is 36.4 Å². The van der Waals surface area contributed by atoms with Crippen LogP contribution in [0.4, 0.5) is 5.69 Å². The molecule has 10 nitrogen and oxygen atoms in total. The minimum absolute atomic E-state index is 0.111. The number of fused-ring (bicyclic) bond motifs is 1. The fourth-order valence-corrected chi connectivity index (χ4v) is 5.68. The molecule has 1 fully saturated rings. The van der Waals surface area contributed by atoms with E-state index in [2.05, 4.69) is 14.7 Å². The molecule has 1 amide bonds. The van der Waals surface area contributed by atoms with Gasteiger partial charge in [-0.25, -0.2) is 13.4 Å². The molecule has 0 radical (unpaired) electrons. The largest absolute Gasteiger partial charge is 0.495 e. The fourth-order valence-electron chi connectivity index (χ4n) is 4.61. The van der Waals surface area contributed by atoms with Crippen LogP contribution < -0.4 is 14.2 Å². The predicted octanol–water partition coefficient (Wildman–Crippen LogP) is 3.71. The minimum Gasteiger partial charge on any atom is -0.495 e. The number of benzene rings is 2. The minimum atomic E-state index is -3.88. The van der Waals surface area contributed by atoms with Crippen molar-refractivity contribution in [3.05, 3.63) is 72.6 Å². The van der Waals surface area contributed by atoms with Crippen molar-refractivity contribution >= 4 is 32.5 Å². The Kier molecular flexibility index (Phi) is 7.36. The Morgan fingerprint density at radius 3 is 2.41 bits per heavy atom. The molecule has 0 unspecified atom stereocenters. The lowest BCUT2D eigenvalue weighted by atomic mass is 10.0. The molecule has 2 aromatic carbocycles. The SMILES string of the molecule is COc1ncc(-c2ccc3ncc(C(=O)N4CCC(O)CC4)c(OC)c3c2)cc1NS(=O)(=O)c1ccccc1. The maximum Gasteiger partial charge on any atom is 0.262 e. The Bertz CT molecular complexity index is 1620. The second kappa shape index (κ2) is 10.9. The van der Waals surface area contributed by atoms with Gasteiger partial charge in [-0.1, -0.05) is 24.3 Å². The van der Waals surface area contributed by atoms with Crippen LogP contribution in [0.3, 0.4) is 0 Å². The van der Waals surface area contributed by atoms with Crippen molar-refractivity contribution in [1.82, 2.24) is 14.9 Å². The molecule has 1 aliphatic heterocycles. The van der Waals surface area contributed by atoms with Gasteiger partial charge in [0.25, 0.3) is 15.9 Å². The average Bonchev–Trinajstić information content (AvgIpc) is 2.96. The van der Waals surface area contributed by atoms with Gasteiger partial charge in [-0.3, -0.25) is 14.5 Å². The number of carbonyl (C=O) groups is 1. The molecule has 2 aromatic heterocycles. The van der Waals surface area contributed by atoms with Crippen LogP contribution in [0.1, 0.15) is 23.2 Å². The lowest BCUT2D eigenvalue weighted by Gasteiger charge is -2.30. The van der Waals surface area contributed by atoms with Gasteiger partial charge in [0.15, 0.2) is 0 Å². The Hall–Kier alpha value is -4.22. The molecule has 0 bridgehead atoms. The topological polar surface area (TPSA) is 131 Å². The van der Waals surface area contributed by atoms with E-state index in [0.29, 0.717) is 59.3 Å². The first kappa shape index (κ1) is 26.4. The summed E-state index contributed by atoms with van der Waals surface area (Å²) in [4.78, 5) is 23.9. The van der Waals surface area contributed by atoms with Crippen molar-refractivity contribution in [3.8, 4) is 22.8 Å². The van der Waals surface area contributed by atoms with Gasteiger partial charge in [0.2, 0.25) is 5.88 Å². The highest BCUT2D eigenvalue weighted by Crippen LogP contribution is 2.35. The van der Waals surface area contributed by atoms with Crippen LogP contribution in [0.15, 0.2) is 71.9 Å². The number of nitrogens with zero attached hydrogens (tertiary/aromatic N) is 3. The zero-order chi connectivity index (χ0) is 27.6. The average molecular weight is 549 g/mol. The predicted molar refractivity (Wildman–Crippen MR) is 146 cm³/mol. The Balaban J connectivity index is 1.53. The monoisotopic (exact) mass is 548 g/mol. The number of likely N-dealkylation sites (tertiary alicyclic amines) is 1. The van der Waals surface area contributed by atoms with E-state index in [1.807, 2.05) is 12.1 Å². The van der Waals surface area contributed by atoms with Crippen molar-refractivity contribution in [2.75, 3.05) is 32.0 Å². The standard InChI is InChI=1S/C28H28N4O6S/c1-37-26-22-14-18(8-9-24(22)29-17-23(26)28(34)32-12-10-20(33)11-13-32)19-15-25(27(38-2)30-16-19)31-39(35,36)21-6-4-3-5-7-21/h3-9,14-17,20,31,33H,10-13H2,1-2H3. The van der Waals surface area contributed by atoms with Crippen molar-refractivity contribution in [2.24, 2.45) is 0 Å². The molecule has 1 saturated heterocycles. The first-order chi connectivity index (χ1) is 18.8. The maximum absolute atomic E-state index is 13.3. The zero-order valence-electron chi connectivity index (χ0n) is 21.5. The molecule has 0 spiro atoms. The molecule has 4 aromatic rings. The number of aliphatic hydroxyl groups excluding tert-OH is 1. The zero-order valence-corrected chi connectivity index (χ0v) is 22.3. The van der Waals surface area contributed by atoms with E-state index in [0.717, 1.165) is 0 Å². The van der Waals surface area contributed by atoms with Crippen LogP contribution in [0, 0.1) is 0 Å². The van der Waals surface area contributed by atoms with Crippen LogP contribution in [-0.4, -0.2) is 67.7 Å². The first-order valence-electron chi connectivity index (χ1n) is 12.4. The number of nitrogens with one attached hydrogen (secondary N) is 1. The summed E-state index contributed by atoms with van der Waals surface area (Å²) < 4.78 is 39.5.